The van der Waals surface area contributed by atoms with Crippen molar-refractivity contribution in [1.29, 1.82) is 0 Å². The van der Waals surface area contributed by atoms with Crippen molar-refractivity contribution in [2.24, 2.45) is 0 Å². The third kappa shape index (κ3) is 3.29. The van der Waals surface area contributed by atoms with E-state index in [9.17, 15) is 4.79 Å². The molecule has 1 aliphatic rings. The van der Waals surface area contributed by atoms with Gasteiger partial charge in [0.25, 0.3) is 0 Å². The van der Waals surface area contributed by atoms with Crippen LogP contribution in [0.1, 0.15) is 31.0 Å². The fraction of sp³-hybridized carbons (Fsp3) is 0.692. The van der Waals surface area contributed by atoms with Crippen LogP contribution in [0.25, 0.3) is 0 Å². The molecule has 1 N–H and O–H groups in total. The van der Waals surface area contributed by atoms with E-state index in [2.05, 4.69) is 29.5 Å². The number of amides is 1. The van der Waals surface area contributed by atoms with Crippen LogP contribution >= 0.6 is 11.3 Å². The summed E-state index contributed by atoms with van der Waals surface area (Å²) in [4.78, 5) is 18.5. The summed E-state index contributed by atoms with van der Waals surface area (Å²) < 4.78 is 0. The smallest absolute Gasteiger partial charge is 0.239 e. The normalized spacial score (nSPS) is 20.1. The minimum atomic E-state index is 0.0159. The van der Waals surface area contributed by atoms with Gasteiger partial charge >= 0.3 is 0 Å². The van der Waals surface area contributed by atoms with Gasteiger partial charge in [-0.2, -0.15) is 0 Å². The molecule has 100 valence electrons. The molecule has 0 aromatic carbocycles. The Labute approximate surface area is 112 Å². The molecule has 1 aromatic rings. The van der Waals surface area contributed by atoms with E-state index in [1.165, 1.54) is 0 Å². The van der Waals surface area contributed by atoms with E-state index in [0.717, 1.165) is 36.6 Å². The first kappa shape index (κ1) is 13.5. The maximum atomic E-state index is 12.1. The second-order valence-electron chi connectivity index (χ2n) is 5.10. The van der Waals surface area contributed by atoms with Crippen LogP contribution in [-0.2, 0) is 11.2 Å². The third-order valence-electron chi connectivity index (χ3n) is 3.14. The van der Waals surface area contributed by atoms with Gasteiger partial charge in [-0.15, -0.1) is 11.3 Å². The van der Waals surface area contributed by atoms with Crippen LogP contribution in [0, 0.1) is 6.92 Å². The van der Waals surface area contributed by atoms with E-state index in [4.69, 9.17) is 0 Å². The van der Waals surface area contributed by atoms with E-state index in [-0.39, 0.29) is 11.9 Å². The molecule has 0 bridgehead atoms. The number of thiazole rings is 1. The number of aromatic nitrogens is 1. The molecule has 0 radical (unpaired) electrons. The second kappa shape index (κ2) is 5.80. The van der Waals surface area contributed by atoms with Crippen molar-refractivity contribution >= 4 is 17.2 Å². The SMILES string of the molecule is Cc1nc(CCN2CCC(NC(C)C)C2=O)cs1. The van der Waals surface area contributed by atoms with Gasteiger partial charge in [0.05, 0.1) is 16.7 Å². The van der Waals surface area contributed by atoms with Gasteiger partial charge in [0.15, 0.2) is 0 Å². The zero-order valence-electron chi connectivity index (χ0n) is 11.3. The lowest BCUT2D eigenvalue weighted by Gasteiger charge is -2.17. The predicted octanol–water partition coefficient (Wildman–Crippen LogP) is 1.59. The van der Waals surface area contributed by atoms with Crippen molar-refractivity contribution < 1.29 is 4.79 Å². The second-order valence-corrected chi connectivity index (χ2v) is 6.16. The molecule has 2 rings (SSSR count). The zero-order valence-corrected chi connectivity index (χ0v) is 12.1. The predicted molar refractivity (Wildman–Crippen MR) is 73.8 cm³/mol. The molecule has 5 heteroatoms. The maximum Gasteiger partial charge on any atom is 0.239 e. The molecule has 18 heavy (non-hydrogen) atoms. The molecule has 0 spiro atoms. The summed E-state index contributed by atoms with van der Waals surface area (Å²) in [6, 6.07) is 0.377. The number of rotatable bonds is 5. The standard InChI is InChI=1S/C13H21N3OS/c1-9(2)14-12-5-7-16(13(12)17)6-4-11-8-18-10(3)15-11/h8-9,12,14H,4-7H2,1-3H3. The van der Waals surface area contributed by atoms with Crippen molar-refractivity contribution in [2.45, 2.75) is 45.7 Å². The number of hydrogen-bond donors (Lipinski definition) is 1. The number of hydrogen-bond acceptors (Lipinski definition) is 4. The minimum Gasteiger partial charge on any atom is -0.341 e. The first-order valence-corrected chi connectivity index (χ1v) is 7.40. The molecule has 0 saturated carbocycles. The molecule has 1 aromatic heterocycles. The highest BCUT2D eigenvalue weighted by molar-refractivity contribution is 7.09. The Morgan fingerprint density at radius 1 is 1.61 bits per heavy atom. The molecule has 4 nitrogen and oxygen atoms in total. The fourth-order valence-corrected chi connectivity index (χ4v) is 2.94. The summed E-state index contributed by atoms with van der Waals surface area (Å²) >= 11 is 1.67. The van der Waals surface area contributed by atoms with Gasteiger partial charge in [0, 0.05) is 30.9 Å². The van der Waals surface area contributed by atoms with Crippen LogP contribution in [0.5, 0.6) is 0 Å². The highest BCUT2D eigenvalue weighted by Gasteiger charge is 2.31. The fourth-order valence-electron chi connectivity index (χ4n) is 2.29. The Morgan fingerprint density at radius 3 is 3.00 bits per heavy atom. The van der Waals surface area contributed by atoms with Gasteiger partial charge in [-0.05, 0) is 13.3 Å². The molecule has 1 atom stereocenters. The van der Waals surface area contributed by atoms with Gasteiger partial charge in [-0.1, -0.05) is 13.8 Å². The number of carbonyl (C=O) groups excluding carboxylic acids is 1. The lowest BCUT2D eigenvalue weighted by Crippen LogP contribution is -2.41. The minimum absolute atomic E-state index is 0.0159. The average Bonchev–Trinajstić information content (AvgIpc) is 2.85. The Balaban J connectivity index is 1.82. The van der Waals surface area contributed by atoms with E-state index in [1.807, 2.05) is 11.8 Å². The molecule has 1 saturated heterocycles. The van der Waals surface area contributed by atoms with Crippen LogP contribution in [0.2, 0.25) is 0 Å². The van der Waals surface area contributed by atoms with Gasteiger partial charge in [0.2, 0.25) is 5.91 Å². The lowest BCUT2D eigenvalue weighted by molar-refractivity contribution is -0.129. The van der Waals surface area contributed by atoms with Crippen LogP contribution in [0.4, 0.5) is 0 Å². The Hall–Kier alpha value is -0.940. The Bertz CT molecular complexity index is 416. The van der Waals surface area contributed by atoms with E-state index >= 15 is 0 Å². The summed E-state index contributed by atoms with van der Waals surface area (Å²) in [5.41, 5.74) is 1.10. The van der Waals surface area contributed by atoms with Crippen LogP contribution < -0.4 is 5.32 Å². The van der Waals surface area contributed by atoms with Gasteiger partial charge in [-0.3, -0.25) is 4.79 Å². The number of nitrogens with one attached hydrogen (secondary N) is 1. The molecule has 1 aliphatic heterocycles. The number of likely N-dealkylation sites (tertiary alicyclic amines) is 1. The van der Waals surface area contributed by atoms with E-state index < -0.39 is 0 Å². The maximum absolute atomic E-state index is 12.1. The molecular formula is C13H21N3OS. The third-order valence-corrected chi connectivity index (χ3v) is 3.96. The van der Waals surface area contributed by atoms with Crippen molar-refractivity contribution in [3.8, 4) is 0 Å². The highest BCUT2D eigenvalue weighted by atomic mass is 32.1. The zero-order chi connectivity index (χ0) is 13.1. The van der Waals surface area contributed by atoms with Crippen LogP contribution in [-0.4, -0.2) is 41.0 Å². The van der Waals surface area contributed by atoms with E-state index in [0.29, 0.717) is 6.04 Å². The van der Waals surface area contributed by atoms with Gasteiger partial charge < -0.3 is 10.2 Å². The molecule has 1 fully saturated rings. The highest BCUT2D eigenvalue weighted by Crippen LogP contribution is 2.14. The largest absolute Gasteiger partial charge is 0.341 e. The molecule has 2 heterocycles. The van der Waals surface area contributed by atoms with Crippen molar-refractivity contribution in [1.82, 2.24) is 15.2 Å². The quantitative estimate of drug-likeness (QED) is 0.881. The summed E-state index contributed by atoms with van der Waals surface area (Å²) in [6.07, 6.45) is 1.79. The first-order valence-electron chi connectivity index (χ1n) is 6.52. The van der Waals surface area contributed by atoms with Gasteiger partial charge in [0.1, 0.15) is 0 Å². The Kier molecular flexibility index (Phi) is 4.35. The number of carbonyl (C=O) groups is 1. The summed E-state index contributed by atoms with van der Waals surface area (Å²) in [5.74, 6) is 0.246. The summed E-state index contributed by atoms with van der Waals surface area (Å²) in [7, 11) is 0. The van der Waals surface area contributed by atoms with Crippen molar-refractivity contribution in [3.63, 3.8) is 0 Å². The molecular weight excluding hydrogens is 246 g/mol. The monoisotopic (exact) mass is 267 g/mol. The number of nitrogens with zero attached hydrogens (tertiary/aromatic N) is 2. The van der Waals surface area contributed by atoms with E-state index in [1.54, 1.807) is 11.3 Å². The van der Waals surface area contributed by atoms with Gasteiger partial charge in [-0.25, -0.2) is 4.98 Å². The Morgan fingerprint density at radius 2 is 2.39 bits per heavy atom. The van der Waals surface area contributed by atoms with Crippen LogP contribution in [0.15, 0.2) is 5.38 Å². The first-order chi connectivity index (χ1) is 8.56. The molecule has 0 aliphatic carbocycles. The van der Waals surface area contributed by atoms with Crippen molar-refractivity contribution in [3.05, 3.63) is 16.1 Å². The average molecular weight is 267 g/mol. The van der Waals surface area contributed by atoms with Crippen LogP contribution in [0.3, 0.4) is 0 Å². The lowest BCUT2D eigenvalue weighted by atomic mass is 10.2. The summed E-state index contributed by atoms with van der Waals surface area (Å²) in [6.45, 7) is 7.82. The summed E-state index contributed by atoms with van der Waals surface area (Å²) in [5, 5.41) is 6.50. The molecule has 1 unspecified atom stereocenters. The van der Waals surface area contributed by atoms with Crippen molar-refractivity contribution in [2.75, 3.05) is 13.1 Å². The molecule has 1 amide bonds. The topological polar surface area (TPSA) is 45.2 Å². The number of aryl methyl sites for hydroxylation is 1.